The van der Waals surface area contributed by atoms with Crippen LogP contribution in [-0.4, -0.2) is 36.2 Å². The van der Waals surface area contributed by atoms with Crippen LogP contribution in [0.15, 0.2) is 84.9 Å². The molecule has 6 heteroatoms. The summed E-state index contributed by atoms with van der Waals surface area (Å²) in [6, 6.07) is 25.2. The standard InChI is InChI=1S/C25H22ClNO4/c26-16-24(29)27-22(15-18-7-3-1-4-8-18)25(30)31-17-23(28)21-13-11-20(12-14-21)19-9-5-2-6-10-19/h1-14,22H,15-17H2,(H,27,29). The lowest BCUT2D eigenvalue weighted by Gasteiger charge is -2.17. The molecule has 0 saturated carbocycles. The zero-order valence-corrected chi connectivity index (χ0v) is 17.5. The largest absolute Gasteiger partial charge is 0.456 e. The number of ether oxygens (including phenoxy) is 1. The van der Waals surface area contributed by atoms with Gasteiger partial charge in [-0.1, -0.05) is 84.9 Å². The van der Waals surface area contributed by atoms with Crippen LogP contribution in [0.3, 0.4) is 0 Å². The maximum Gasteiger partial charge on any atom is 0.329 e. The Morgan fingerprint density at radius 2 is 1.39 bits per heavy atom. The maximum absolute atomic E-state index is 12.5. The molecule has 158 valence electrons. The lowest BCUT2D eigenvalue weighted by molar-refractivity contribution is -0.146. The second-order valence-electron chi connectivity index (χ2n) is 6.92. The Balaban J connectivity index is 1.61. The number of alkyl halides is 1. The van der Waals surface area contributed by atoms with Crippen molar-refractivity contribution in [2.24, 2.45) is 0 Å². The van der Waals surface area contributed by atoms with Gasteiger partial charge in [-0.25, -0.2) is 4.79 Å². The lowest BCUT2D eigenvalue weighted by atomic mass is 10.0. The van der Waals surface area contributed by atoms with Crippen LogP contribution in [0.1, 0.15) is 15.9 Å². The highest BCUT2D eigenvalue weighted by Crippen LogP contribution is 2.19. The Hall–Kier alpha value is -3.44. The van der Waals surface area contributed by atoms with Gasteiger partial charge in [0.25, 0.3) is 0 Å². The van der Waals surface area contributed by atoms with Crippen LogP contribution in [0.4, 0.5) is 0 Å². The molecule has 1 N–H and O–H groups in total. The summed E-state index contributed by atoms with van der Waals surface area (Å²) in [5.74, 6) is -1.76. The van der Waals surface area contributed by atoms with E-state index in [0.717, 1.165) is 16.7 Å². The minimum absolute atomic E-state index is 0.238. The van der Waals surface area contributed by atoms with Crippen molar-refractivity contribution >= 4 is 29.3 Å². The molecule has 0 saturated heterocycles. The smallest absolute Gasteiger partial charge is 0.329 e. The highest BCUT2D eigenvalue weighted by Gasteiger charge is 2.23. The lowest BCUT2D eigenvalue weighted by Crippen LogP contribution is -2.44. The van der Waals surface area contributed by atoms with Crippen LogP contribution in [0.5, 0.6) is 0 Å². The molecule has 0 aromatic heterocycles. The number of hydrogen-bond donors (Lipinski definition) is 1. The summed E-state index contributed by atoms with van der Waals surface area (Å²) in [5, 5.41) is 2.55. The summed E-state index contributed by atoms with van der Waals surface area (Å²) >= 11 is 5.55. The third kappa shape index (κ3) is 6.52. The van der Waals surface area contributed by atoms with Gasteiger partial charge in [0.05, 0.1) is 0 Å². The Morgan fingerprint density at radius 3 is 2.00 bits per heavy atom. The van der Waals surface area contributed by atoms with Crippen LogP contribution in [0.2, 0.25) is 0 Å². The Kier molecular flexibility index (Phi) is 7.96. The summed E-state index contributed by atoms with van der Waals surface area (Å²) in [4.78, 5) is 36.7. The van der Waals surface area contributed by atoms with E-state index >= 15 is 0 Å². The molecular formula is C25H22ClNO4. The molecule has 5 nitrogen and oxygen atoms in total. The molecule has 0 fully saturated rings. The van der Waals surface area contributed by atoms with Gasteiger partial charge in [0.1, 0.15) is 11.9 Å². The fraction of sp³-hybridized carbons (Fsp3) is 0.160. The Labute approximate surface area is 186 Å². The number of carbonyl (C=O) groups is 3. The molecule has 1 unspecified atom stereocenters. The van der Waals surface area contributed by atoms with Crippen LogP contribution in [-0.2, 0) is 20.7 Å². The van der Waals surface area contributed by atoms with Crippen molar-refractivity contribution in [3.05, 3.63) is 96.1 Å². The monoisotopic (exact) mass is 435 g/mol. The third-order valence-electron chi connectivity index (χ3n) is 4.68. The quantitative estimate of drug-likeness (QED) is 0.313. The summed E-state index contributed by atoms with van der Waals surface area (Å²) < 4.78 is 5.21. The molecule has 0 aliphatic heterocycles. The second-order valence-corrected chi connectivity index (χ2v) is 7.18. The minimum Gasteiger partial charge on any atom is -0.456 e. The number of rotatable bonds is 9. The van der Waals surface area contributed by atoms with Crippen molar-refractivity contribution in [2.75, 3.05) is 12.5 Å². The van der Waals surface area contributed by atoms with Crippen molar-refractivity contribution in [1.29, 1.82) is 0 Å². The van der Waals surface area contributed by atoms with E-state index in [1.807, 2.05) is 72.8 Å². The fourth-order valence-electron chi connectivity index (χ4n) is 3.08. The molecule has 0 bridgehead atoms. The Bertz CT molecular complexity index is 1020. The van der Waals surface area contributed by atoms with E-state index < -0.39 is 24.5 Å². The second kappa shape index (κ2) is 11.1. The number of carbonyl (C=O) groups excluding carboxylic acids is 3. The van der Waals surface area contributed by atoms with E-state index in [2.05, 4.69) is 5.32 Å². The molecule has 1 atom stereocenters. The molecule has 3 aromatic carbocycles. The number of halogens is 1. The van der Waals surface area contributed by atoms with Crippen molar-refractivity contribution in [3.63, 3.8) is 0 Å². The number of benzene rings is 3. The van der Waals surface area contributed by atoms with Crippen molar-refractivity contribution in [2.45, 2.75) is 12.5 Å². The number of hydrogen-bond acceptors (Lipinski definition) is 4. The number of Topliss-reactive ketones (excluding diaryl/α,β-unsaturated/α-hetero) is 1. The highest BCUT2D eigenvalue weighted by molar-refractivity contribution is 6.27. The molecule has 3 aromatic rings. The Morgan fingerprint density at radius 1 is 0.806 bits per heavy atom. The molecular weight excluding hydrogens is 414 g/mol. The SMILES string of the molecule is O=C(CCl)NC(Cc1ccccc1)C(=O)OCC(=O)c1ccc(-c2ccccc2)cc1. The first kappa shape index (κ1) is 22.2. The fourth-order valence-corrected chi connectivity index (χ4v) is 3.15. The summed E-state index contributed by atoms with van der Waals surface area (Å²) in [6.07, 6.45) is 0.238. The van der Waals surface area contributed by atoms with Crippen LogP contribution in [0, 0.1) is 0 Å². The number of esters is 1. The van der Waals surface area contributed by atoms with Gasteiger partial charge in [0.2, 0.25) is 5.91 Å². The molecule has 0 radical (unpaired) electrons. The van der Waals surface area contributed by atoms with Crippen LogP contribution in [0.25, 0.3) is 11.1 Å². The number of ketones is 1. The summed E-state index contributed by atoms with van der Waals surface area (Å²) in [5.41, 5.74) is 3.33. The average molecular weight is 436 g/mol. The molecule has 0 spiro atoms. The van der Waals surface area contributed by atoms with Crippen LogP contribution >= 0.6 is 11.6 Å². The van der Waals surface area contributed by atoms with Crippen LogP contribution < -0.4 is 5.32 Å². The predicted octanol–water partition coefficient (Wildman–Crippen LogP) is 4.05. The van der Waals surface area contributed by atoms with E-state index in [9.17, 15) is 14.4 Å². The first-order chi connectivity index (χ1) is 15.1. The molecule has 31 heavy (non-hydrogen) atoms. The average Bonchev–Trinajstić information content (AvgIpc) is 2.83. The van der Waals surface area contributed by atoms with Gasteiger partial charge >= 0.3 is 5.97 Å². The van der Waals surface area contributed by atoms with E-state index in [1.54, 1.807) is 12.1 Å². The third-order valence-corrected chi connectivity index (χ3v) is 4.93. The van der Waals surface area contributed by atoms with Crippen molar-refractivity contribution in [3.8, 4) is 11.1 Å². The zero-order valence-electron chi connectivity index (χ0n) is 16.8. The van der Waals surface area contributed by atoms with Crippen molar-refractivity contribution < 1.29 is 19.1 Å². The zero-order chi connectivity index (χ0) is 22.1. The maximum atomic E-state index is 12.5. The van der Waals surface area contributed by atoms with Gasteiger partial charge in [-0.3, -0.25) is 9.59 Å². The topological polar surface area (TPSA) is 72.5 Å². The van der Waals surface area contributed by atoms with Gasteiger partial charge in [0, 0.05) is 12.0 Å². The first-order valence-electron chi connectivity index (χ1n) is 9.81. The van der Waals surface area contributed by atoms with Crippen molar-refractivity contribution in [1.82, 2.24) is 5.32 Å². The van der Waals surface area contributed by atoms with Gasteiger partial charge in [0.15, 0.2) is 12.4 Å². The molecule has 0 aliphatic carbocycles. The molecule has 0 aliphatic rings. The van der Waals surface area contributed by atoms with E-state index in [0.29, 0.717) is 5.56 Å². The first-order valence-corrected chi connectivity index (χ1v) is 10.3. The van der Waals surface area contributed by atoms with Gasteiger partial charge < -0.3 is 10.1 Å². The van der Waals surface area contributed by atoms with E-state index in [-0.39, 0.29) is 18.1 Å². The molecule has 3 rings (SSSR count). The molecule has 0 heterocycles. The molecule has 1 amide bonds. The summed E-state index contributed by atoms with van der Waals surface area (Å²) in [7, 11) is 0. The minimum atomic E-state index is -0.929. The van der Waals surface area contributed by atoms with Gasteiger partial charge in [-0.15, -0.1) is 11.6 Å². The number of nitrogens with one attached hydrogen (secondary N) is 1. The highest BCUT2D eigenvalue weighted by atomic mass is 35.5. The van der Waals surface area contributed by atoms with E-state index in [4.69, 9.17) is 16.3 Å². The van der Waals surface area contributed by atoms with E-state index in [1.165, 1.54) is 0 Å². The van der Waals surface area contributed by atoms with Gasteiger partial charge in [-0.2, -0.15) is 0 Å². The number of amides is 1. The normalized spacial score (nSPS) is 11.4. The predicted molar refractivity (Wildman–Crippen MR) is 120 cm³/mol. The van der Waals surface area contributed by atoms with Gasteiger partial charge in [-0.05, 0) is 16.7 Å². The summed E-state index contributed by atoms with van der Waals surface area (Å²) in [6.45, 7) is -0.411.